The first kappa shape index (κ1) is 14.7. The summed E-state index contributed by atoms with van der Waals surface area (Å²) < 4.78 is 5.69. The van der Waals surface area contributed by atoms with E-state index in [1.165, 1.54) is 57.1 Å². The molecule has 1 spiro atoms. The average molecular weight is 287 g/mol. The number of ether oxygens (including phenoxy) is 1. The largest absolute Gasteiger partial charge is 0.491 e. The van der Waals surface area contributed by atoms with Crippen molar-refractivity contribution in [2.24, 2.45) is 5.41 Å². The van der Waals surface area contributed by atoms with Crippen LogP contribution in [0.5, 0.6) is 5.75 Å². The molecule has 116 valence electrons. The van der Waals surface area contributed by atoms with Gasteiger partial charge in [-0.15, -0.1) is 0 Å². The van der Waals surface area contributed by atoms with Gasteiger partial charge in [-0.25, -0.2) is 0 Å². The van der Waals surface area contributed by atoms with Crippen molar-refractivity contribution in [2.75, 3.05) is 5.32 Å². The maximum absolute atomic E-state index is 5.69. The van der Waals surface area contributed by atoms with Crippen LogP contribution >= 0.6 is 0 Å². The van der Waals surface area contributed by atoms with E-state index in [1.807, 2.05) is 0 Å². The number of benzene rings is 1. The van der Waals surface area contributed by atoms with Gasteiger partial charge >= 0.3 is 0 Å². The minimum Gasteiger partial charge on any atom is -0.491 e. The SMILES string of the molecule is CC(C)Oc1ccc(NC2CCC3(CCCC3)CC2)cc1. The highest BCUT2D eigenvalue weighted by Gasteiger charge is 2.37. The van der Waals surface area contributed by atoms with Crippen molar-refractivity contribution >= 4 is 5.69 Å². The topological polar surface area (TPSA) is 21.3 Å². The third-order valence-corrected chi connectivity index (χ3v) is 5.31. The predicted molar refractivity (Wildman–Crippen MR) is 89.0 cm³/mol. The van der Waals surface area contributed by atoms with Crippen LogP contribution in [0, 0.1) is 5.41 Å². The van der Waals surface area contributed by atoms with Crippen LogP contribution in [0.1, 0.15) is 65.2 Å². The highest BCUT2D eigenvalue weighted by molar-refractivity contribution is 5.47. The molecule has 2 nitrogen and oxygen atoms in total. The molecule has 21 heavy (non-hydrogen) atoms. The van der Waals surface area contributed by atoms with E-state index >= 15 is 0 Å². The van der Waals surface area contributed by atoms with E-state index in [9.17, 15) is 0 Å². The first-order chi connectivity index (χ1) is 10.2. The molecule has 0 unspecified atom stereocenters. The molecule has 2 aliphatic rings. The molecule has 0 bridgehead atoms. The van der Waals surface area contributed by atoms with Gasteiger partial charge in [-0.3, -0.25) is 0 Å². The van der Waals surface area contributed by atoms with Crippen LogP contribution in [0.2, 0.25) is 0 Å². The van der Waals surface area contributed by atoms with Gasteiger partial charge in [-0.05, 0) is 82.1 Å². The van der Waals surface area contributed by atoms with E-state index < -0.39 is 0 Å². The lowest BCUT2D eigenvalue weighted by Crippen LogP contribution is -2.31. The highest BCUT2D eigenvalue weighted by atomic mass is 16.5. The third-order valence-electron chi connectivity index (χ3n) is 5.31. The molecule has 3 rings (SSSR count). The molecule has 2 fully saturated rings. The van der Waals surface area contributed by atoms with E-state index in [2.05, 4.69) is 43.4 Å². The molecule has 0 amide bonds. The fraction of sp³-hybridized carbons (Fsp3) is 0.684. The number of hydrogen-bond donors (Lipinski definition) is 1. The third kappa shape index (κ3) is 3.72. The van der Waals surface area contributed by atoms with Gasteiger partial charge in [0.2, 0.25) is 0 Å². The Labute approximate surface area is 129 Å². The van der Waals surface area contributed by atoms with Gasteiger partial charge in [-0.2, -0.15) is 0 Å². The Morgan fingerprint density at radius 2 is 1.62 bits per heavy atom. The summed E-state index contributed by atoms with van der Waals surface area (Å²) in [6, 6.07) is 9.11. The molecule has 0 heterocycles. The fourth-order valence-corrected chi connectivity index (χ4v) is 4.14. The van der Waals surface area contributed by atoms with Gasteiger partial charge < -0.3 is 10.1 Å². The molecule has 0 saturated heterocycles. The van der Waals surface area contributed by atoms with Gasteiger partial charge in [0.25, 0.3) is 0 Å². The summed E-state index contributed by atoms with van der Waals surface area (Å²) in [7, 11) is 0. The molecule has 2 aliphatic carbocycles. The lowest BCUT2D eigenvalue weighted by molar-refractivity contribution is 0.188. The zero-order chi connectivity index (χ0) is 14.7. The zero-order valence-corrected chi connectivity index (χ0v) is 13.5. The number of hydrogen-bond acceptors (Lipinski definition) is 2. The van der Waals surface area contributed by atoms with Crippen molar-refractivity contribution in [2.45, 2.75) is 77.4 Å². The number of nitrogens with one attached hydrogen (secondary N) is 1. The molecule has 0 aromatic heterocycles. The monoisotopic (exact) mass is 287 g/mol. The molecule has 0 radical (unpaired) electrons. The lowest BCUT2D eigenvalue weighted by Gasteiger charge is -2.37. The maximum Gasteiger partial charge on any atom is 0.119 e. The summed E-state index contributed by atoms with van der Waals surface area (Å²) in [5.41, 5.74) is 1.96. The summed E-state index contributed by atoms with van der Waals surface area (Å²) in [4.78, 5) is 0. The molecular formula is C19H29NO. The molecule has 2 saturated carbocycles. The Kier molecular flexibility index (Phi) is 4.42. The number of rotatable bonds is 4. The Hall–Kier alpha value is -1.18. The van der Waals surface area contributed by atoms with E-state index in [0.29, 0.717) is 6.04 Å². The molecule has 2 heteroatoms. The molecular weight excluding hydrogens is 258 g/mol. The second kappa shape index (κ2) is 6.29. The first-order valence-electron chi connectivity index (χ1n) is 8.69. The van der Waals surface area contributed by atoms with Gasteiger partial charge in [0.05, 0.1) is 6.10 Å². The predicted octanol–water partition coefficient (Wildman–Crippen LogP) is 5.39. The second-order valence-corrected chi connectivity index (χ2v) is 7.32. The van der Waals surface area contributed by atoms with Crippen LogP contribution < -0.4 is 10.1 Å². The molecule has 1 aromatic carbocycles. The lowest BCUT2D eigenvalue weighted by atomic mass is 9.71. The summed E-state index contributed by atoms with van der Waals surface area (Å²) in [5, 5.41) is 3.71. The molecule has 1 N–H and O–H groups in total. The minimum atomic E-state index is 0.241. The summed E-state index contributed by atoms with van der Waals surface area (Å²) >= 11 is 0. The van der Waals surface area contributed by atoms with E-state index in [0.717, 1.165) is 11.2 Å². The summed E-state index contributed by atoms with van der Waals surface area (Å²) in [5.74, 6) is 0.962. The Balaban J connectivity index is 1.51. The van der Waals surface area contributed by atoms with E-state index in [4.69, 9.17) is 4.74 Å². The average Bonchev–Trinajstić information content (AvgIpc) is 2.92. The van der Waals surface area contributed by atoms with Crippen LogP contribution in [0.15, 0.2) is 24.3 Å². The first-order valence-corrected chi connectivity index (χ1v) is 8.69. The van der Waals surface area contributed by atoms with Crippen LogP contribution in [-0.2, 0) is 0 Å². The van der Waals surface area contributed by atoms with Crippen molar-refractivity contribution in [3.8, 4) is 5.75 Å². The quantitative estimate of drug-likeness (QED) is 0.801. The minimum absolute atomic E-state index is 0.241. The molecule has 0 atom stereocenters. The number of anilines is 1. The smallest absolute Gasteiger partial charge is 0.119 e. The van der Waals surface area contributed by atoms with Crippen LogP contribution in [-0.4, -0.2) is 12.1 Å². The van der Waals surface area contributed by atoms with Gasteiger partial charge in [0.1, 0.15) is 5.75 Å². The maximum atomic E-state index is 5.69. The van der Waals surface area contributed by atoms with E-state index in [-0.39, 0.29) is 6.10 Å². The van der Waals surface area contributed by atoms with Crippen molar-refractivity contribution in [1.29, 1.82) is 0 Å². The molecule has 1 aromatic rings. The van der Waals surface area contributed by atoms with Gasteiger partial charge in [0.15, 0.2) is 0 Å². The molecule has 0 aliphatic heterocycles. The normalized spacial score (nSPS) is 21.9. The van der Waals surface area contributed by atoms with Gasteiger partial charge in [0, 0.05) is 11.7 Å². The van der Waals surface area contributed by atoms with Crippen molar-refractivity contribution in [1.82, 2.24) is 0 Å². The Morgan fingerprint density at radius 3 is 2.19 bits per heavy atom. The fourth-order valence-electron chi connectivity index (χ4n) is 4.14. The van der Waals surface area contributed by atoms with Gasteiger partial charge in [-0.1, -0.05) is 12.8 Å². The zero-order valence-electron chi connectivity index (χ0n) is 13.5. The van der Waals surface area contributed by atoms with Crippen molar-refractivity contribution < 1.29 is 4.74 Å². The Morgan fingerprint density at radius 1 is 1.00 bits per heavy atom. The Bertz CT molecular complexity index is 435. The summed E-state index contributed by atoms with van der Waals surface area (Å²) in [6.07, 6.45) is 11.7. The van der Waals surface area contributed by atoms with Crippen molar-refractivity contribution in [3.63, 3.8) is 0 Å². The van der Waals surface area contributed by atoms with Crippen LogP contribution in [0.3, 0.4) is 0 Å². The van der Waals surface area contributed by atoms with E-state index in [1.54, 1.807) is 0 Å². The van der Waals surface area contributed by atoms with Crippen LogP contribution in [0.4, 0.5) is 5.69 Å². The second-order valence-electron chi connectivity index (χ2n) is 7.32. The van der Waals surface area contributed by atoms with Crippen LogP contribution in [0.25, 0.3) is 0 Å². The van der Waals surface area contributed by atoms with Crippen molar-refractivity contribution in [3.05, 3.63) is 24.3 Å². The summed E-state index contributed by atoms with van der Waals surface area (Å²) in [6.45, 7) is 4.13. The standard InChI is InChI=1S/C19H29NO/c1-15(2)21-18-7-5-16(6-8-18)20-17-9-13-19(14-10-17)11-3-4-12-19/h5-8,15,17,20H,3-4,9-14H2,1-2H3. The highest BCUT2D eigenvalue weighted by Crippen LogP contribution is 2.49.